The van der Waals surface area contributed by atoms with Crippen LogP contribution in [0.1, 0.15) is 23.5 Å². The number of carbonyl (C=O) groups excluding carboxylic acids is 1. The Morgan fingerprint density at radius 3 is 2.71 bits per heavy atom. The van der Waals surface area contributed by atoms with Crippen molar-refractivity contribution in [2.24, 2.45) is 5.92 Å². The van der Waals surface area contributed by atoms with Gasteiger partial charge in [-0.1, -0.05) is 12.1 Å². The molecule has 2 atom stereocenters. The van der Waals surface area contributed by atoms with Crippen molar-refractivity contribution in [3.05, 3.63) is 77.6 Å². The molecule has 4 rings (SSSR count). The van der Waals surface area contributed by atoms with E-state index < -0.39 is 5.41 Å². The standard InChI is InChI=1S/C24H24FN3O3/c1-15-22(13-26-16(2)27-15)31-14-24(17-5-4-6-20(11-17)30-3)12-21(24)23(29)28-19-9-7-18(25)8-10-19/h4-11,13,21H,12,14H2,1-3H3,(H,28,29)/t21-,24+/m0/s1. The summed E-state index contributed by atoms with van der Waals surface area (Å²) in [5.74, 6) is 1.22. The molecule has 0 spiro atoms. The van der Waals surface area contributed by atoms with Crippen LogP contribution in [0.2, 0.25) is 0 Å². The van der Waals surface area contributed by atoms with Crippen LogP contribution >= 0.6 is 0 Å². The van der Waals surface area contributed by atoms with Gasteiger partial charge in [0.2, 0.25) is 5.91 Å². The van der Waals surface area contributed by atoms with Crippen molar-refractivity contribution in [3.63, 3.8) is 0 Å². The van der Waals surface area contributed by atoms with E-state index in [1.54, 1.807) is 25.4 Å². The first-order valence-electron chi connectivity index (χ1n) is 10.1. The Balaban J connectivity index is 1.58. The van der Waals surface area contributed by atoms with Gasteiger partial charge in [-0.15, -0.1) is 0 Å². The first-order valence-corrected chi connectivity index (χ1v) is 10.1. The number of amides is 1. The SMILES string of the molecule is COc1cccc([C@]2(COc3cnc(C)nc3C)C[C@H]2C(=O)Nc2ccc(F)cc2)c1. The topological polar surface area (TPSA) is 73.3 Å². The Morgan fingerprint density at radius 1 is 1.23 bits per heavy atom. The highest BCUT2D eigenvalue weighted by Gasteiger charge is 2.60. The average Bonchev–Trinajstić information content (AvgIpc) is 3.51. The van der Waals surface area contributed by atoms with Gasteiger partial charge in [0.05, 0.1) is 31.5 Å². The fourth-order valence-corrected chi connectivity index (χ4v) is 3.83. The van der Waals surface area contributed by atoms with Crippen LogP contribution in [-0.2, 0) is 10.2 Å². The molecule has 1 N–H and O–H groups in total. The first-order chi connectivity index (χ1) is 14.9. The van der Waals surface area contributed by atoms with Crippen LogP contribution in [0.15, 0.2) is 54.7 Å². The average molecular weight is 421 g/mol. The first kappa shape index (κ1) is 20.8. The molecule has 1 aliphatic carbocycles. The smallest absolute Gasteiger partial charge is 0.228 e. The van der Waals surface area contributed by atoms with Gasteiger partial charge in [-0.3, -0.25) is 4.79 Å². The van der Waals surface area contributed by atoms with Gasteiger partial charge in [0.1, 0.15) is 17.4 Å². The van der Waals surface area contributed by atoms with Gasteiger partial charge in [0.15, 0.2) is 5.75 Å². The Labute approximate surface area is 180 Å². The van der Waals surface area contributed by atoms with Crippen LogP contribution in [0.5, 0.6) is 11.5 Å². The lowest BCUT2D eigenvalue weighted by Crippen LogP contribution is -2.26. The molecule has 0 unspecified atom stereocenters. The number of nitrogens with zero attached hydrogens (tertiary/aromatic N) is 2. The van der Waals surface area contributed by atoms with Crippen LogP contribution in [0.3, 0.4) is 0 Å². The van der Waals surface area contributed by atoms with E-state index in [1.165, 1.54) is 12.1 Å². The molecule has 0 radical (unpaired) electrons. The summed E-state index contributed by atoms with van der Waals surface area (Å²) in [7, 11) is 1.61. The van der Waals surface area contributed by atoms with E-state index in [0.29, 0.717) is 30.3 Å². The van der Waals surface area contributed by atoms with E-state index in [9.17, 15) is 9.18 Å². The molecule has 1 amide bonds. The number of hydrogen-bond donors (Lipinski definition) is 1. The molecule has 0 saturated heterocycles. The Morgan fingerprint density at radius 2 is 2.00 bits per heavy atom. The second-order valence-electron chi connectivity index (χ2n) is 7.80. The summed E-state index contributed by atoms with van der Waals surface area (Å²) in [6.07, 6.45) is 2.28. The van der Waals surface area contributed by atoms with Crippen molar-refractivity contribution in [2.75, 3.05) is 19.0 Å². The highest BCUT2D eigenvalue weighted by molar-refractivity contribution is 5.96. The van der Waals surface area contributed by atoms with Crippen molar-refractivity contribution in [2.45, 2.75) is 25.7 Å². The van der Waals surface area contributed by atoms with Crippen molar-refractivity contribution < 1.29 is 18.7 Å². The quantitative estimate of drug-likeness (QED) is 0.619. The molecule has 6 nitrogen and oxygen atoms in total. The number of halogens is 1. The van der Waals surface area contributed by atoms with E-state index in [4.69, 9.17) is 9.47 Å². The summed E-state index contributed by atoms with van der Waals surface area (Å²) >= 11 is 0. The number of aryl methyl sites for hydroxylation is 2. The molecule has 1 heterocycles. The monoisotopic (exact) mass is 421 g/mol. The summed E-state index contributed by atoms with van der Waals surface area (Å²) in [4.78, 5) is 21.6. The molecule has 1 aliphatic rings. The van der Waals surface area contributed by atoms with Crippen LogP contribution in [0.4, 0.5) is 10.1 Å². The van der Waals surface area contributed by atoms with Crippen molar-refractivity contribution >= 4 is 11.6 Å². The molecule has 2 aromatic carbocycles. The molecule has 1 saturated carbocycles. The predicted octanol–water partition coefficient (Wildman–Crippen LogP) is 4.22. The summed E-state index contributed by atoms with van der Waals surface area (Å²) < 4.78 is 24.7. The highest BCUT2D eigenvalue weighted by Crippen LogP contribution is 2.55. The lowest BCUT2D eigenvalue weighted by molar-refractivity contribution is -0.117. The van der Waals surface area contributed by atoms with Gasteiger partial charge in [0.25, 0.3) is 0 Å². The summed E-state index contributed by atoms with van der Waals surface area (Å²) in [5, 5.41) is 2.88. The summed E-state index contributed by atoms with van der Waals surface area (Å²) in [6, 6.07) is 13.4. The molecule has 1 aromatic heterocycles. The zero-order valence-corrected chi connectivity index (χ0v) is 17.7. The van der Waals surface area contributed by atoms with Crippen molar-refractivity contribution in [1.29, 1.82) is 0 Å². The maximum atomic E-state index is 13.2. The fourth-order valence-electron chi connectivity index (χ4n) is 3.83. The Kier molecular flexibility index (Phi) is 5.59. The molecule has 3 aromatic rings. The van der Waals surface area contributed by atoms with Crippen LogP contribution in [0, 0.1) is 25.6 Å². The minimum atomic E-state index is -0.504. The van der Waals surface area contributed by atoms with E-state index >= 15 is 0 Å². The lowest BCUT2D eigenvalue weighted by atomic mass is 9.93. The molecule has 160 valence electrons. The number of rotatable bonds is 7. The molecule has 7 heteroatoms. The van der Waals surface area contributed by atoms with Crippen LogP contribution in [-0.4, -0.2) is 29.6 Å². The van der Waals surface area contributed by atoms with Gasteiger partial charge < -0.3 is 14.8 Å². The van der Waals surface area contributed by atoms with Gasteiger partial charge in [-0.2, -0.15) is 0 Å². The molecular weight excluding hydrogens is 397 g/mol. The minimum absolute atomic E-state index is 0.130. The maximum Gasteiger partial charge on any atom is 0.228 e. The maximum absolute atomic E-state index is 13.2. The van der Waals surface area contributed by atoms with Crippen molar-refractivity contribution in [3.8, 4) is 11.5 Å². The van der Waals surface area contributed by atoms with Gasteiger partial charge in [0, 0.05) is 11.1 Å². The zero-order chi connectivity index (χ0) is 22.0. The van der Waals surface area contributed by atoms with Gasteiger partial charge in [-0.05, 0) is 62.2 Å². The number of hydrogen-bond acceptors (Lipinski definition) is 5. The Hall–Kier alpha value is -3.48. The highest BCUT2D eigenvalue weighted by atomic mass is 19.1. The zero-order valence-electron chi connectivity index (χ0n) is 17.7. The normalized spacial score (nSPS) is 19.5. The third-order valence-corrected chi connectivity index (χ3v) is 5.69. The van der Waals surface area contributed by atoms with E-state index in [1.807, 2.05) is 38.1 Å². The second kappa shape index (κ2) is 8.34. The van der Waals surface area contributed by atoms with E-state index in [0.717, 1.165) is 17.0 Å². The second-order valence-corrected chi connectivity index (χ2v) is 7.80. The fraction of sp³-hybridized carbons (Fsp3) is 0.292. The molecule has 0 aliphatic heterocycles. The lowest BCUT2D eigenvalue weighted by Gasteiger charge is -2.20. The molecule has 31 heavy (non-hydrogen) atoms. The molecular formula is C24H24FN3O3. The number of methoxy groups -OCH3 is 1. The predicted molar refractivity (Wildman–Crippen MR) is 115 cm³/mol. The Bertz CT molecular complexity index is 1100. The van der Waals surface area contributed by atoms with E-state index in [-0.39, 0.29) is 17.6 Å². The number of aromatic nitrogens is 2. The summed E-state index contributed by atoms with van der Waals surface area (Å²) in [6.45, 7) is 3.99. The number of anilines is 1. The minimum Gasteiger partial charge on any atom is -0.497 e. The van der Waals surface area contributed by atoms with Crippen molar-refractivity contribution in [1.82, 2.24) is 9.97 Å². The van der Waals surface area contributed by atoms with Crippen LogP contribution in [0.25, 0.3) is 0 Å². The third-order valence-electron chi connectivity index (χ3n) is 5.69. The largest absolute Gasteiger partial charge is 0.497 e. The number of ether oxygens (including phenoxy) is 2. The molecule has 1 fully saturated rings. The third kappa shape index (κ3) is 4.35. The van der Waals surface area contributed by atoms with Crippen LogP contribution < -0.4 is 14.8 Å². The number of carbonyl (C=O) groups is 1. The molecule has 0 bridgehead atoms. The summed E-state index contributed by atoms with van der Waals surface area (Å²) in [5.41, 5.74) is 1.77. The number of benzene rings is 2. The number of nitrogens with one attached hydrogen (secondary N) is 1. The van der Waals surface area contributed by atoms with E-state index in [2.05, 4.69) is 15.3 Å². The van der Waals surface area contributed by atoms with Gasteiger partial charge in [-0.25, -0.2) is 14.4 Å². The van der Waals surface area contributed by atoms with Gasteiger partial charge >= 0.3 is 0 Å².